The van der Waals surface area contributed by atoms with Crippen LogP contribution >= 0.6 is 0 Å². The number of aryl methyl sites for hydroxylation is 4. The van der Waals surface area contributed by atoms with Gasteiger partial charge in [-0.2, -0.15) is 0 Å². The van der Waals surface area contributed by atoms with Crippen molar-refractivity contribution in [3.63, 3.8) is 0 Å². The number of hydrogen-bond acceptors (Lipinski definition) is 8. The molecular formula is C102H120N4O4. The fraction of sp³-hybridized carbons (Fsp3) is 0.333. The SMILES string of the molecule is CCCCCCOc1ccc(-c2ccc(-c3ccc(CCCC)cn3)cc2)cc1.CCCCCOc1ccc(-c2ccc(-c3ccc(CCCC)cn3)cc2)cc1.CCCCOc1ccc(-c2ccc(-c3ccc(CCCC)cn3)cc2)cc1.CCCCc1ccc(-c2ccc(-c3ccc(OCCC)cc3)cc2)nc1. The minimum Gasteiger partial charge on any atom is -0.494 e. The van der Waals surface area contributed by atoms with Crippen LogP contribution < -0.4 is 18.9 Å². The van der Waals surface area contributed by atoms with E-state index in [1.807, 2.05) is 36.9 Å². The molecule has 0 radical (unpaired) electrons. The molecule has 572 valence electrons. The third-order valence-electron chi connectivity index (χ3n) is 19.6. The van der Waals surface area contributed by atoms with Crippen molar-refractivity contribution in [3.8, 4) is 113 Å². The molecule has 0 unspecified atom stereocenters. The molecule has 8 heteroatoms. The first-order valence-corrected chi connectivity index (χ1v) is 41.3. The van der Waals surface area contributed by atoms with Gasteiger partial charge in [-0.15, -0.1) is 0 Å². The molecule has 8 aromatic carbocycles. The average molecular weight is 1470 g/mol. The Balaban J connectivity index is 0.000000169. The van der Waals surface area contributed by atoms with E-state index in [9.17, 15) is 0 Å². The fourth-order valence-corrected chi connectivity index (χ4v) is 12.6. The zero-order chi connectivity index (χ0) is 77.0. The normalized spacial score (nSPS) is 10.8. The van der Waals surface area contributed by atoms with Gasteiger partial charge < -0.3 is 18.9 Å². The molecule has 4 aromatic heterocycles. The van der Waals surface area contributed by atoms with Crippen molar-refractivity contribution >= 4 is 0 Å². The number of pyridine rings is 4. The second kappa shape index (κ2) is 48.2. The number of rotatable bonds is 38. The van der Waals surface area contributed by atoms with Gasteiger partial charge in [-0.25, -0.2) is 0 Å². The van der Waals surface area contributed by atoms with Crippen LogP contribution in [0.4, 0.5) is 0 Å². The average Bonchev–Trinajstić information content (AvgIpc) is 0.851. The maximum absolute atomic E-state index is 5.85. The highest BCUT2D eigenvalue weighted by Gasteiger charge is 2.10. The summed E-state index contributed by atoms with van der Waals surface area (Å²) in [5.41, 5.74) is 23.6. The lowest BCUT2D eigenvalue weighted by atomic mass is 10.0. The predicted octanol–water partition coefficient (Wildman–Crippen LogP) is 28.5. The van der Waals surface area contributed by atoms with E-state index in [4.69, 9.17) is 18.9 Å². The Kier molecular flexibility index (Phi) is 36.6. The molecule has 0 amide bonds. The zero-order valence-electron chi connectivity index (χ0n) is 67.2. The molecule has 12 rings (SSSR count). The first-order valence-electron chi connectivity index (χ1n) is 41.3. The summed E-state index contributed by atoms with van der Waals surface area (Å²) in [4.78, 5) is 18.6. The third kappa shape index (κ3) is 28.2. The second-order valence-electron chi connectivity index (χ2n) is 28.5. The number of hydrogen-bond donors (Lipinski definition) is 0. The molecule has 0 fully saturated rings. The van der Waals surface area contributed by atoms with E-state index in [-0.39, 0.29) is 0 Å². The Hall–Kier alpha value is -10.4. The lowest BCUT2D eigenvalue weighted by Gasteiger charge is -2.08. The molecule has 12 aromatic rings. The van der Waals surface area contributed by atoms with Crippen molar-refractivity contribution in [2.24, 2.45) is 0 Å². The van der Waals surface area contributed by atoms with Gasteiger partial charge in [0.15, 0.2) is 0 Å². The van der Waals surface area contributed by atoms with Crippen molar-refractivity contribution in [2.45, 2.75) is 197 Å². The molecule has 8 nitrogen and oxygen atoms in total. The summed E-state index contributed by atoms with van der Waals surface area (Å²) in [6.07, 6.45) is 34.0. The van der Waals surface area contributed by atoms with Crippen LogP contribution in [-0.4, -0.2) is 46.4 Å². The topological polar surface area (TPSA) is 88.5 Å². The summed E-state index contributed by atoms with van der Waals surface area (Å²) < 4.78 is 23.0. The van der Waals surface area contributed by atoms with Gasteiger partial charge in [-0.3, -0.25) is 19.9 Å². The minimum absolute atomic E-state index is 0.762. The number of aromatic nitrogens is 4. The van der Waals surface area contributed by atoms with E-state index in [2.05, 4.69) is 306 Å². The largest absolute Gasteiger partial charge is 0.494 e. The van der Waals surface area contributed by atoms with Crippen LogP contribution in [0.5, 0.6) is 23.0 Å². The monoisotopic (exact) mass is 1460 g/mol. The van der Waals surface area contributed by atoms with Gasteiger partial charge in [0.25, 0.3) is 0 Å². The lowest BCUT2D eigenvalue weighted by Crippen LogP contribution is -1.96. The van der Waals surface area contributed by atoms with Gasteiger partial charge in [-0.1, -0.05) is 289 Å². The summed E-state index contributed by atoms with van der Waals surface area (Å²) in [5, 5.41) is 0. The predicted molar refractivity (Wildman–Crippen MR) is 466 cm³/mol. The molecule has 0 spiro atoms. The van der Waals surface area contributed by atoms with Crippen molar-refractivity contribution in [3.05, 3.63) is 290 Å². The van der Waals surface area contributed by atoms with E-state index in [1.54, 1.807) is 0 Å². The Morgan fingerprint density at radius 3 is 0.591 bits per heavy atom. The molecule has 0 aliphatic carbocycles. The van der Waals surface area contributed by atoms with Crippen LogP contribution in [0.1, 0.15) is 193 Å². The van der Waals surface area contributed by atoms with Gasteiger partial charge in [0.1, 0.15) is 23.0 Å². The Labute approximate surface area is 660 Å². The van der Waals surface area contributed by atoms with Crippen molar-refractivity contribution in [2.75, 3.05) is 26.4 Å². The zero-order valence-corrected chi connectivity index (χ0v) is 67.2. The molecule has 110 heavy (non-hydrogen) atoms. The summed E-state index contributed by atoms with van der Waals surface area (Å²) in [5.74, 6) is 3.77. The van der Waals surface area contributed by atoms with E-state index in [1.165, 1.54) is 150 Å². The highest BCUT2D eigenvalue weighted by molar-refractivity contribution is 5.73. The van der Waals surface area contributed by atoms with E-state index < -0.39 is 0 Å². The first-order chi connectivity index (χ1) is 54.2. The number of nitrogens with zero attached hydrogens (tertiary/aromatic N) is 4. The van der Waals surface area contributed by atoms with Crippen LogP contribution in [-0.2, 0) is 25.7 Å². The maximum atomic E-state index is 5.85. The van der Waals surface area contributed by atoms with Gasteiger partial charge in [0, 0.05) is 47.0 Å². The van der Waals surface area contributed by atoms with Crippen LogP contribution in [0, 0.1) is 0 Å². The summed E-state index contributed by atoms with van der Waals surface area (Å²) in [6, 6.07) is 85.2. The molecule has 0 atom stereocenters. The number of ether oxygens (including phenoxy) is 4. The molecule has 0 aliphatic rings. The summed E-state index contributed by atoms with van der Waals surface area (Å²) >= 11 is 0. The molecule has 0 aliphatic heterocycles. The molecule has 0 bridgehead atoms. The Morgan fingerprint density at radius 2 is 0.373 bits per heavy atom. The minimum atomic E-state index is 0.762. The molecule has 0 N–H and O–H groups in total. The fourth-order valence-electron chi connectivity index (χ4n) is 12.6. The van der Waals surface area contributed by atoms with Crippen molar-refractivity contribution in [1.29, 1.82) is 0 Å². The van der Waals surface area contributed by atoms with Crippen LogP contribution in [0.3, 0.4) is 0 Å². The highest BCUT2D eigenvalue weighted by atomic mass is 16.5. The first kappa shape index (κ1) is 83.6. The van der Waals surface area contributed by atoms with Crippen LogP contribution in [0.2, 0.25) is 0 Å². The highest BCUT2D eigenvalue weighted by Crippen LogP contribution is 2.32. The summed E-state index contributed by atoms with van der Waals surface area (Å²) in [6.45, 7) is 20.8. The van der Waals surface area contributed by atoms with Gasteiger partial charge in [0.05, 0.1) is 49.2 Å². The van der Waals surface area contributed by atoms with E-state index >= 15 is 0 Å². The Morgan fingerprint density at radius 1 is 0.173 bits per heavy atom. The second-order valence-corrected chi connectivity index (χ2v) is 28.5. The molecule has 4 heterocycles. The smallest absolute Gasteiger partial charge is 0.119 e. The third-order valence-corrected chi connectivity index (χ3v) is 19.6. The van der Waals surface area contributed by atoms with Gasteiger partial charge in [-0.05, 0) is 217 Å². The number of benzene rings is 8. The van der Waals surface area contributed by atoms with Crippen LogP contribution in [0.25, 0.3) is 89.5 Å². The van der Waals surface area contributed by atoms with E-state index in [0.717, 1.165) is 152 Å². The standard InChI is InChI=1S/C27H33NO.C26H31NO.C25H29NO.C24H27NO/c1-3-5-7-8-20-29-26-17-15-24(16-18-26)23-11-13-25(14-12-23)27-19-10-22(21-28-27)9-6-4-2;1-3-5-7-19-28-25-16-14-23(15-17-25)22-10-12-24(13-11-22)26-18-9-21(20-27-26)8-6-4-2;1-3-5-7-20-8-17-25(26-19-20)23-11-9-21(10-12-23)22-13-15-24(16-14-22)27-18-6-4-2;1-3-5-6-19-7-16-24(25-18-19)22-10-8-20(9-11-22)21-12-14-23(15-13-21)26-17-4-2/h10-19,21H,3-9,20H2,1-2H3;9-18,20H,3-8,19H2,1-2H3;8-17,19H,3-7,18H2,1-2H3;7-16,18H,3-6,17H2,1-2H3. The van der Waals surface area contributed by atoms with Crippen molar-refractivity contribution < 1.29 is 18.9 Å². The maximum Gasteiger partial charge on any atom is 0.119 e. The van der Waals surface area contributed by atoms with Crippen molar-refractivity contribution in [1.82, 2.24) is 19.9 Å². The Bertz CT molecular complexity index is 4340. The lowest BCUT2D eigenvalue weighted by molar-refractivity contribution is 0.305. The molecular weight excluding hydrogens is 1350 g/mol. The molecule has 0 saturated heterocycles. The van der Waals surface area contributed by atoms with E-state index in [0.29, 0.717) is 0 Å². The van der Waals surface area contributed by atoms with Gasteiger partial charge >= 0.3 is 0 Å². The molecule has 0 saturated carbocycles. The van der Waals surface area contributed by atoms with Gasteiger partial charge in [0.2, 0.25) is 0 Å². The van der Waals surface area contributed by atoms with Crippen LogP contribution in [0.15, 0.2) is 267 Å². The number of unbranched alkanes of at least 4 members (excludes halogenated alkanes) is 10. The quantitative estimate of drug-likeness (QED) is 0.0354. The summed E-state index contributed by atoms with van der Waals surface area (Å²) in [7, 11) is 0.